The zero-order valence-corrected chi connectivity index (χ0v) is 12.3. The summed E-state index contributed by atoms with van der Waals surface area (Å²) in [6.45, 7) is 5.70. The van der Waals surface area contributed by atoms with Crippen molar-refractivity contribution in [2.24, 2.45) is 0 Å². The van der Waals surface area contributed by atoms with Crippen molar-refractivity contribution in [3.05, 3.63) is 42.1 Å². The number of para-hydroxylation sites is 1. The quantitative estimate of drug-likeness (QED) is 0.907. The number of nitrogens with zero attached hydrogens (tertiary/aromatic N) is 2. The molecule has 0 saturated carbocycles. The number of likely N-dealkylation sites (N-methyl/N-ethyl adjacent to an activating group) is 2. The second-order valence-electron chi connectivity index (χ2n) is 5.03. The zero-order chi connectivity index (χ0) is 14.5. The van der Waals surface area contributed by atoms with Crippen LogP contribution < -0.4 is 5.32 Å². The van der Waals surface area contributed by atoms with Gasteiger partial charge in [0, 0.05) is 25.0 Å². The monoisotopic (exact) mass is 271 g/mol. The normalized spacial score (nSPS) is 12.3. The number of amides is 1. The molecule has 4 heteroatoms. The molecular formula is C16H21N3O. The molecule has 1 N–H and O–H groups in total. The number of pyridine rings is 1. The van der Waals surface area contributed by atoms with Crippen molar-refractivity contribution in [2.45, 2.75) is 19.9 Å². The maximum absolute atomic E-state index is 12.4. The highest BCUT2D eigenvalue weighted by atomic mass is 16.2. The molecule has 2 aromatic rings. The largest absolute Gasteiger partial charge is 0.339 e. The van der Waals surface area contributed by atoms with Gasteiger partial charge in [0.1, 0.15) is 5.69 Å². The van der Waals surface area contributed by atoms with E-state index in [1.165, 1.54) is 0 Å². The van der Waals surface area contributed by atoms with Crippen molar-refractivity contribution >= 4 is 16.8 Å². The van der Waals surface area contributed by atoms with Crippen molar-refractivity contribution in [1.29, 1.82) is 0 Å². The van der Waals surface area contributed by atoms with Gasteiger partial charge in [0.2, 0.25) is 0 Å². The summed E-state index contributed by atoms with van der Waals surface area (Å²) < 4.78 is 0. The molecule has 0 fully saturated rings. The third-order valence-electron chi connectivity index (χ3n) is 3.26. The van der Waals surface area contributed by atoms with Crippen molar-refractivity contribution in [1.82, 2.24) is 15.2 Å². The Kier molecular flexibility index (Phi) is 4.69. The van der Waals surface area contributed by atoms with E-state index in [0.717, 1.165) is 17.4 Å². The summed E-state index contributed by atoms with van der Waals surface area (Å²) in [5.74, 6) is -0.0412. The smallest absolute Gasteiger partial charge is 0.272 e. The van der Waals surface area contributed by atoms with Crippen molar-refractivity contribution in [2.75, 3.05) is 20.1 Å². The van der Waals surface area contributed by atoms with Gasteiger partial charge in [-0.15, -0.1) is 0 Å². The first kappa shape index (κ1) is 14.5. The Hall–Kier alpha value is -1.94. The number of rotatable bonds is 5. The van der Waals surface area contributed by atoms with Crippen LogP contribution in [-0.4, -0.2) is 42.0 Å². The highest BCUT2D eigenvalue weighted by Crippen LogP contribution is 2.12. The first-order valence-corrected chi connectivity index (χ1v) is 6.96. The SMILES string of the molecule is CCN[C@H](C)CN(C)C(=O)c1ccc2ccccc2n1. The van der Waals surface area contributed by atoms with Crippen LogP contribution in [0.25, 0.3) is 10.9 Å². The summed E-state index contributed by atoms with van der Waals surface area (Å²) in [5.41, 5.74) is 1.35. The van der Waals surface area contributed by atoms with Crippen LogP contribution in [0, 0.1) is 0 Å². The van der Waals surface area contributed by atoms with Gasteiger partial charge in [-0.25, -0.2) is 4.98 Å². The minimum Gasteiger partial charge on any atom is -0.339 e. The molecule has 1 heterocycles. The molecule has 1 aromatic heterocycles. The molecule has 20 heavy (non-hydrogen) atoms. The van der Waals surface area contributed by atoms with E-state index >= 15 is 0 Å². The zero-order valence-electron chi connectivity index (χ0n) is 12.3. The molecule has 0 spiro atoms. The van der Waals surface area contributed by atoms with Gasteiger partial charge >= 0.3 is 0 Å². The average molecular weight is 271 g/mol. The van der Waals surface area contributed by atoms with E-state index in [2.05, 4.69) is 24.1 Å². The fourth-order valence-electron chi connectivity index (χ4n) is 2.29. The lowest BCUT2D eigenvalue weighted by atomic mass is 10.2. The summed E-state index contributed by atoms with van der Waals surface area (Å²) in [4.78, 5) is 18.5. The molecule has 4 nitrogen and oxygen atoms in total. The summed E-state index contributed by atoms with van der Waals surface area (Å²) in [6.07, 6.45) is 0. The Morgan fingerprint density at radius 2 is 2.05 bits per heavy atom. The summed E-state index contributed by atoms with van der Waals surface area (Å²) >= 11 is 0. The van der Waals surface area contributed by atoms with E-state index in [-0.39, 0.29) is 11.9 Å². The molecule has 0 aliphatic heterocycles. The van der Waals surface area contributed by atoms with Crippen LogP contribution in [0.4, 0.5) is 0 Å². The minimum atomic E-state index is -0.0412. The lowest BCUT2D eigenvalue weighted by molar-refractivity contribution is 0.0778. The van der Waals surface area contributed by atoms with Crippen molar-refractivity contribution in [3.8, 4) is 0 Å². The van der Waals surface area contributed by atoms with E-state index in [0.29, 0.717) is 12.2 Å². The average Bonchev–Trinajstić information content (AvgIpc) is 2.46. The molecule has 2 rings (SSSR count). The molecule has 1 amide bonds. The van der Waals surface area contributed by atoms with Crippen LogP contribution in [0.15, 0.2) is 36.4 Å². The summed E-state index contributed by atoms with van der Waals surface area (Å²) in [6, 6.07) is 11.8. The van der Waals surface area contributed by atoms with Crippen LogP contribution in [0.3, 0.4) is 0 Å². The number of hydrogen-bond acceptors (Lipinski definition) is 3. The van der Waals surface area contributed by atoms with Crippen LogP contribution in [0.2, 0.25) is 0 Å². The Balaban J connectivity index is 2.14. The fourth-order valence-corrected chi connectivity index (χ4v) is 2.29. The molecule has 0 saturated heterocycles. The highest BCUT2D eigenvalue weighted by Gasteiger charge is 2.15. The molecule has 0 unspecified atom stereocenters. The number of benzene rings is 1. The predicted molar refractivity (Wildman–Crippen MR) is 81.8 cm³/mol. The van der Waals surface area contributed by atoms with Crippen LogP contribution >= 0.6 is 0 Å². The molecule has 106 valence electrons. The second kappa shape index (κ2) is 6.48. The molecule has 0 aliphatic rings. The van der Waals surface area contributed by atoms with Crippen molar-refractivity contribution < 1.29 is 4.79 Å². The van der Waals surface area contributed by atoms with E-state index in [4.69, 9.17) is 0 Å². The number of fused-ring (bicyclic) bond motifs is 1. The number of hydrogen-bond donors (Lipinski definition) is 1. The Morgan fingerprint density at radius 3 is 2.80 bits per heavy atom. The van der Waals surface area contributed by atoms with Gasteiger partial charge in [-0.3, -0.25) is 4.79 Å². The van der Waals surface area contributed by atoms with Crippen molar-refractivity contribution in [3.63, 3.8) is 0 Å². The van der Waals surface area contributed by atoms with Crippen LogP contribution in [-0.2, 0) is 0 Å². The predicted octanol–water partition coefficient (Wildman–Crippen LogP) is 2.30. The van der Waals surface area contributed by atoms with Crippen LogP contribution in [0.1, 0.15) is 24.3 Å². The van der Waals surface area contributed by atoms with E-state index in [1.54, 1.807) is 11.0 Å². The van der Waals surface area contributed by atoms with Gasteiger partial charge in [-0.1, -0.05) is 31.2 Å². The van der Waals surface area contributed by atoms with Gasteiger partial charge in [0.25, 0.3) is 5.91 Å². The van der Waals surface area contributed by atoms with E-state index in [1.807, 2.05) is 37.4 Å². The third kappa shape index (κ3) is 3.33. The van der Waals surface area contributed by atoms with Crippen LogP contribution in [0.5, 0.6) is 0 Å². The standard InChI is InChI=1S/C16H21N3O/c1-4-17-12(2)11-19(3)16(20)15-10-9-13-7-5-6-8-14(13)18-15/h5-10,12,17H,4,11H2,1-3H3/t12-/m1/s1. The number of nitrogens with one attached hydrogen (secondary N) is 1. The molecule has 1 aromatic carbocycles. The first-order valence-electron chi connectivity index (χ1n) is 6.96. The lowest BCUT2D eigenvalue weighted by Crippen LogP contribution is -2.40. The topological polar surface area (TPSA) is 45.2 Å². The molecular weight excluding hydrogens is 250 g/mol. The van der Waals surface area contributed by atoms with Gasteiger partial charge in [-0.05, 0) is 25.6 Å². The molecule has 0 aliphatic carbocycles. The Labute approximate surface area is 119 Å². The van der Waals surface area contributed by atoms with E-state index < -0.39 is 0 Å². The first-order chi connectivity index (χ1) is 9.61. The Morgan fingerprint density at radius 1 is 1.30 bits per heavy atom. The lowest BCUT2D eigenvalue weighted by Gasteiger charge is -2.21. The molecule has 0 radical (unpaired) electrons. The Bertz CT molecular complexity index is 597. The number of carbonyl (C=O) groups excluding carboxylic acids is 1. The number of carbonyl (C=O) groups is 1. The maximum atomic E-state index is 12.4. The second-order valence-corrected chi connectivity index (χ2v) is 5.03. The molecule has 1 atom stereocenters. The maximum Gasteiger partial charge on any atom is 0.272 e. The van der Waals surface area contributed by atoms with Gasteiger partial charge in [0.05, 0.1) is 5.52 Å². The van der Waals surface area contributed by atoms with Gasteiger partial charge < -0.3 is 10.2 Å². The van der Waals surface area contributed by atoms with E-state index in [9.17, 15) is 4.79 Å². The third-order valence-corrected chi connectivity index (χ3v) is 3.26. The summed E-state index contributed by atoms with van der Waals surface area (Å²) in [7, 11) is 1.81. The number of aromatic nitrogens is 1. The molecule has 0 bridgehead atoms. The minimum absolute atomic E-state index is 0.0412. The highest BCUT2D eigenvalue weighted by molar-refractivity contribution is 5.94. The van der Waals surface area contributed by atoms with Gasteiger partial charge in [-0.2, -0.15) is 0 Å². The fraction of sp³-hybridized carbons (Fsp3) is 0.375. The van der Waals surface area contributed by atoms with Gasteiger partial charge in [0.15, 0.2) is 0 Å². The summed E-state index contributed by atoms with van der Waals surface area (Å²) in [5, 5.41) is 4.35.